The first-order valence-corrected chi connectivity index (χ1v) is 9.32. The lowest BCUT2D eigenvalue weighted by atomic mass is 9.95. The second-order valence-electron chi connectivity index (χ2n) is 7.01. The summed E-state index contributed by atoms with van der Waals surface area (Å²) in [5.41, 5.74) is 3.97. The molecule has 0 bridgehead atoms. The Morgan fingerprint density at radius 1 is 0.875 bits per heavy atom. The molecule has 126 valence electrons. The molecule has 0 amide bonds. The molecule has 1 fully saturated rings. The molecule has 1 aliphatic rings. The minimum Gasteiger partial charge on any atom is -0.298 e. The smallest absolute Gasteiger partial charge is 0.00698 e. The normalized spacial score (nSPS) is 21.4. The van der Waals surface area contributed by atoms with Crippen LogP contribution >= 0.6 is 0 Å². The molecule has 0 radical (unpaired) electrons. The van der Waals surface area contributed by atoms with Crippen LogP contribution in [0.15, 0.2) is 66.7 Å². The van der Waals surface area contributed by atoms with Gasteiger partial charge in [-0.2, -0.15) is 0 Å². The molecule has 2 aromatic rings. The van der Waals surface area contributed by atoms with Gasteiger partial charge in [-0.15, -0.1) is 0 Å². The van der Waals surface area contributed by atoms with E-state index < -0.39 is 0 Å². The van der Waals surface area contributed by atoms with Crippen molar-refractivity contribution >= 4 is 5.57 Å². The number of hydrogen-bond acceptors (Lipinski definition) is 1. The topological polar surface area (TPSA) is 3.24 Å². The van der Waals surface area contributed by atoms with Gasteiger partial charge in [-0.1, -0.05) is 73.2 Å². The lowest BCUT2D eigenvalue weighted by Crippen LogP contribution is -2.43. The van der Waals surface area contributed by atoms with E-state index in [0.29, 0.717) is 0 Å². The summed E-state index contributed by atoms with van der Waals surface area (Å²) < 4.78 is 0. The van der Waals surface area contributed by atoms with E-state index in [1.165, 1.54) is 36.0 Å². The first kappa shape index (κ1) is 17.0. The molecule has 1 heteroatoms. The molecular weight excluding hydrogens is 290 g/mol. The largest absolute Gasteiger partial charge is 0.298 e. The van der Waals surface area contributed by atoms with Gasteiger partial charge in [0, 0.05) is 18.6 Å². The Morgan fingerprint density at radius 2 is 1.38 bits per heavy atom. The summed E-state index contributed by atoms with van der Waals surface area (Å²) in [6.45, 7) is 5.93. The monoisotopic (exact) mass is 319 g/mol. The highest BCUT2D eigenvalue weighted by molar-refractivity contribution is 5.79. The van der Waals surface area contributed by atoms with Gasteiger partial charge in [0.05, 0.1) is 0 Å². The molecule has 2 aromatic carbocycles. The van der Waals surface area contributed by atoms with Crippen molar-refractivity contribution in [3.8, 4) is 0 Å². The van der Waals surface area contributed by atoms with Gasteiger partial charge in [0.25, 0.3) is 0 Å². The third kappa shape index (κ3) is 4.15. The molecule has 0 unspecified atom stereocenters. The molecule has 1 heterocycles. The van der Waals surface area contributed by atoms with Crippen LogP contribution in [0.3, 0.4) is 0 Å². The van der Waals surface area contributed by atoms with E-state index in [9.17, 15) is 0 Å². The standard InChI is InChI=1S/C23H29N/c1-19-11-9-12-20(2)24(19)18-10-17-23(21-13-5-3-6-14-21)22-15-7-4-8-16-22/h3-8,13-17,19-20H,9-12,18H2,1-2H3/t19-,20-/m1/s1. The summed E-state index contributed by atoms with van der Waals surface area (Å²) in [4.78, 5) is 2.69. The molecular formula is C23H29N. The van der Waals surface area contributed by atoms with Crippen molar-refractivity contribution < 1.29 is 0 Å². The molecule has 0 spiro atoms. The highest BCUT2D eigenvalue weighted by Crippen LogP contribution is 2.26. The molecule has 3 rings (SSSR count). The number of hydrogen-bond donors (Lipinski definition) is 0. The predicted octanol–water partition coefficient (Wildman–Crippen LogP) is 5.77. The van der Waals surface area contributed by atoms with Gasteiger partial charge in [-0.05, 0) is 49.8 Å². The Balaban J connectivity index is 1.77. The van der Waals surface area contributed by atoms with Gasteiger partial charge in [-0.3, -0.25) is 4.90 Å². The number of benzene rings is 2. The van der Waals surface area contributed by atoms with Crippen molar-refractivity contribution in [1.82, 2.24) is 4.90 Å². The average Bonchev–Trinajstić information content (AvgIpc) is 2.62. The van der Waals surface area contributed by atoms with Gasteiger partial charge in [-0.25, -0.2) is 0 Å². The summed E-state index contributed by atoms with van der Waals surface area (Å²) >= 11 is 0. The molecule has 0 aliphatic carbocycles. The van der Waals surface area contributed by atoms with Gasteiger partial charge in [0.1, 0.15) is 0 Å². The Kier molecular flexibility index (Phi) is 5.87. The second kappa shape index (κ2) is 8.30. The summed E-state index contributed by atoms with van der Waals surface area (Å²) in [5, 5.41) is 0. The zero-order chi connectivity index (χ0) is 16.8. The lowest BCUT2D eigenvalue weighted by molar-refractivity contribution is 0.106. The zero-order valence-electron chi connectivity index (χ0n) is 15.0. The van der Waals surface area contributed by atoms with E-state index >= 15 is 0 Å². The molecule has 1 nitrogen and oxygen atoms in total. The van der Waals surface area contributed by atoms with Crippen LogP contribution in [-0.2, 0) is 0 Å². The number of nitrogens with zero attached hydrogens (tertiary/aromatic N) is 1. The Labute approximate surface area is 147 Å². The van der Waals surface area contributed by atoms with Gasteiger partial charge < -0.3 is 0 Å². The van der Waals surface area contributed by atoms with Crippen LogP contribution in [0.1, 0.15) is 50.7 Å². The number of likely N-dealkylation sites (tertiary alicyclic amines) is 1. The first-order chi connectivity index (χ1) is 11.8. The van der Waals surface area contributed by atoms with Crippen molar-refractivity contribution in [3.63, 3.8) is 0 Å². The number of rotatable bonds is 5. The highest BCUT2D eigenvalue weighted by Gasteiger charge is 2.23. The maximum Gasteiger partial charge on any atom is 0.00698 e. The summed E-state index contributed by atoms with van der Waals surface area (Å²) in [6, 6.07) is 23.0. The van der Waals surface area contributed by atoms with Crippen molar-refractivity contribution in [2.24, 2.45) is 0 Å². The van der Waals surface area contributed by atoms with Crippen molar-refractivity contribution in [3.05, 3.63) is 77.9 Å². The second-order valence-corrected chi connectivity index (χ2v) is 7.01. The molecule has 0 saturated carbocycles. The van der Waals surface area contributed by atoms with Crippen LogP contribution in [0.2, 0.25) is 0 Å². The van der Waals surface area contributed by atoms with E-state index in [4.69, 9.17) is 0 Å². The molecule has 1 saturated heterocycles. The third-order valence-corrected chi connectivity index (χ3v) is 5.28. The quantitative estimate of drug-likeness (QED) is 0.676. The first-order valence-electron chi connectivity index (χ1n) is 9.32. The van der Waals surface area contributed by atoms with Crippen molar-refractivity contribution in [1.29, 1.82) is 0 Å². The fourth-order valence-electron chi connectivity index (χ4n) is 3.91. The minimum absolute atomic E-state index is 0.721. The van der Waals surface area contributed by atoms with E-state index in [0.717, 1.165) is 25.0 Å². The Morgan fingerprint density at radius 3 is 1.88 bits per heavy atom. The maximum absolute atomic E-state index is 2.69. The maximum atomic E-state index is 2.69. The SMILES string of the molecule is C[C@@H]1CCC[C@@H](C)N1CCC=C(c1ccccc1)c1ccccc1. The average molecular weight is 319 g/mol. The van der Waals surface area contributed by atoms with Crippen molar-refractivity contribution in [2.75, 3.05) is 6.54 Å². The summed E-state index contributed by atoms with van der Waals surface area (Å²) in [6.07, 6.45) is 7.61. The Hall–Kier alpha value is -1.86. The zero-order valence-corrected chi connectivity index (χ0v) is 15.0. The Bertz CT molecular complexity index is 593. The molecule has 0 N–H and O–H groups in total. The van der Waals surface area contributed by atoms with Crippen LogP contribution in [0.25, 0.3) is 5.57 Å². The van der Waals surface area contributed by atoms with Gasteiger partial charge in [0.15, 0.2) is 0 Å². The van der Waals surface area contributed by atoms with Crippen molar-refractivity contribution in [2.45, 2.75) is 51.6 Å². The van der Waals surface area contributed by atoms with Crippen LogP contribution in [0, 0.1) is 0 Å². The van der Waals surface area contributed by atoms with E-state index in [1.54, 1.807) is 0 Å². The van der Waals surface area contributed by atoms with Crippen LogP contribution in [0.5, 0.6) is 0 Å². The number of piperidine rings is 1. The predicted molar refractivity (Wildman–Crippen MR) is 104 cm³/mol. The van der Waals surface area contributed by atoms with Gasteiger partial charge >= 0.3 is 0 Å². The molecule has 24 heavy (non-hydrogen) atoms. The third-order valence-electron chi connectivity index (χ3n) is 5.28. The highest BCUT2D eigenvalue weighted by atomic mass is 15.2. The minimum atomic E-state index is 0.721. The van der Waals surface area contributed by atoms with E-state index in [2.05, 4.69) is 85.5 Å². The molecule has 1 aliphatic heterocycles. The van der Waals surface area contributed by atoms with Gasteiger partial charge in [0.2, 0.25) is 0 Å². The lowest BCUT2D eigenvalue weighted by Gasteiger charge is -2.38. The van der Waals surface area contributed by atoms with E-state index in [1.807, 2.05) is 0 Å². The van der Waals surface area contributed by atoms with E-state index in [-0.39, 0.29) is 0 Å². The molecule has 2 atom stereocenters. The fraction of sp³-hybridized carbons (Fsp3) is 0.391. The van der Waals surface area contributed by atoms with Crippen LogP contribution in [-0.4, -0.2) is 23.5 Å². The molecule has 0 aromatic heterocycles. The fourth-order valence-corrected chi connectivity index (χ4v) is 3.91. The van der Waals surface area contributed by atoms with Crippen LogP contribution in [0.4, 0.5) is 0 Å². The van der Waals surface area contributed by atoms with Crippen LogP contribution < -0.4 is 0 Å². The summed E-state index contributed by atoms with van der Waals surface area (Å²) in [5.74, 6) is 0. The summed E-state index contributed by atoms with van der Waals surface area (Å²) in [7, 11) is 0.